The summed E-state index contributed by atoms with van der Waals surface area (Å²) >= 11 is 0. The first-order chi connectivity index (χ1) is 8.38. The number of methoxy groups -OCH3 is 1. The minimum absolute atomic E-state index is 0.152. The first kappa shape index (κ1) is 13.5. The summed E-state index contributed by atoms with van der Waals surface area (Å²) in [5, 5.41) is 1.36. The molecule has 0 aliphatic carbocycles. The summed E-state index contributed by atoms with van der Waals surface area (Å²) in [7, 11) is 1.39. The molecule has 98 valence electrons. The maximum absolute atomic E-state index is 11.0. The number of urea groups is 2. The lowest BCUT2D eigenvalue weighted by molar-refractivity contribution is 0.253. The first-order valence-corrected chi connectivity index (χ1v) is 4.75. The number of hydrogen-bond acceptors (Lipinski definition) is 5. The van der Waals surface area contributed by atoms with Crippen LogP contribution in [0, 0.1) is 0 Å². The Hall–Kier alpha value is -2.52. The zero-order chi connectivity index (χ0) is 13.9. The molecule has 0 aliphatic rings. The Kier molecular flexibility index (Phi) is 3.92. The summed E-state index contributed by atoms with van der Waals surface area (Å²) in [4.78, 5) is 21.9. The smallest absolute Gasteiger partial charge is 0.333 e. The number of ether oxygens (including phenoxy) is 1. The highest BCUT2D eigenvalue weighted by Gasteiger charge is 2.16. The molecule has 0 saturated heterocycles. The normalized spacial score (nSPS) is 9.72. The van der Waals surface area contributed by atoms with E-state index in [1.807, 2.05) is 0 Å². The molecule has 0 aromatic heterocycles. The van der Waals surface area contributed by atoms with Crippen LogP contribution in [0.2, 0.25) is 0 Å². The number of hydrazine groups is 2. The lowest BCUT2D eigenvalue weighted by Gasteiger charge is -2.20. The van der Waals surface area contributed by atoms with Gasteiger partial charge in [-0.15, -0.1) is 0 Å². The largest absolute Gasteiger partial charge is 0.495 e. The van der Waals surface area contributed by atoms with Crippen molar-refractivity contribution < 1.29 is 14.3 Å². The van der Waals surface area contributed by atoms with E-state index in [4.69, 9.17) is 27.9 Å². The number of anilines is 2. The third-order valence-corrected chi connectivity index (χ3v) is 2.18. The molecule has 0 atom stereocenters. The monoisotopic (exact) mass is 254 g/mol. The minimum Gasteiger partial charge on any atom is -0.495 e. The van der Waals surface area contributed by atoms with Crippen LogP contribution in [0.4, 0.5) is 21.0 Å². The Bertz CT molecular complexity index is 477. The number of amides is 4. The molecular formula is C9H14N6O3. The predicted molar refractivity (Wildman–Crippen MR) is 65.5 cm³/mol. The fourth-order valence-corrected chi connectivity index (χ4v) is 1.26. The number of rotatable bonds is 3. The number of nitrogens with zero attached hydrogens (tertiary/aromatic N) is 2. The van der Waals surface area contributed by atoms with Crippen molar-refractivity contribution >= 4 is 23.4 Å². The van der Waals surface area contributed by atoms with Crippen molar-refractivity contribution in [2.24, 2.45) is 23.2 Å². The standard InChI is InChI=1S/C9H14N6O3/c1-18-7-3-2-5(14(12)8(10)16)4-6(7)15(13)9(11)17/h2-4H,12-13H2,1H3,(H2,10,16)(H2,11,17). The van der Waals surface area contributed by atoms with Crippen molar-refractivity contribution in [2.45, 2.75) is 0 Å². The van der Waals surface area contributed by atoms with E-state index < -0.39 is 12.1 Å². The van der Waals surface area contributed by atoms with Crippen molar-refractivity contribution in [2.75, 3.05) is 17.1 Å². The highest BCUT2D eigenvalue weighted by Crippen LogP contribution is 2.30. The van der Waals surface area contributed by atoms with Crippen LogP contribution in [0.15, 0.2) is 18.2 Å². The minimum atomic E-state index is -0.895. The van der Waals surface area contributed by atoms with Crippen LogP contribution in [-0.2, 0) is 0 Å². The number of carbonyl (C=O) groups excluding carboxylic acids is 2. The Labute approximate surface area is 103 Å². The van der Waals surface area contributed by atoms with Gasteiger partial charge in [0.2, 0.25) is 0 Å². The molecule has 8 N–H and O–H groups in total. The Morgan fingerprint density at radius 2 is 1.67 bits per heavy atom. The summed E-state index contributed by atoms with van der Waals surface area (Å²) in [6.07, 6.45) is 0. The van der Waals surface area contributed by atoms with E-state index in [-0.39, 0.29) is 17.1 Å². The molecule has 4 amide bonds. The molecule has 0 fully saturated rings. The van der Waals surface area contributed by atoms with E-state index in [1.54, 1.807) is 0 Å². The fourth-order valence-electron chi connectivity index (χ4n) is 1.26. The molecule has 0 unspecified atom stereocenters. The third kappa shape index (κ3) is 2.59. The molecule has 0 aliphatic heterocycles. The van der Waals surface area contributed by atoms with Crippen molar-refractivity contribution in [3.8, 4) is 5.75 Å². The van der Waals surface area contributed by atoms with Gasteiger partial charge in [0.25, 0.3) is 0 Å². The summed E-state index contributed by atoms with van der Waals surface area (Å²) < 4.78 is 5.01. The Morgan fingerprint density at radius 3 is 2.11 bits per heavy atom. The van der Waals surface area contributed by atoms with Gasteiger partial charge < -0.3 is 16.2 Å². The van der Waals surface area contributed by atoms with Crippen molar-refractivity contribution in [3.63, 3.8) is 0 Å². The molecule has 1 rings (SSSR count). The van der Waals surface area contributed by atoms with Crippen LogP contribution in [0.3, 0.4) is 0 Å². The maximum Gasteiger partial charge on any atom is 0.333 e. The van der Waals surface area contributed by atoms with Crippen LogP contribution in [-0.4, -0.2) is 19.2 Å². The third-order valence-electron chi connectivity index (χ3n) is 2.18. The molecule has 0 radical (unpaired) electrons. The second kappa shape index (κ2) is 5.21. The molecule has 0 heterocycles. The lowest BCUT2D eigenvalue weighted by Crippen LogP contribution is -2.43. The summed E-state index contributed by atoms with van der Waals surface area (Å²) in [5.41, 5.74) is 10.4. The van der Waals surface area contributed by atoms with E-state index >= 15 is 0 Å². The van der Waals surface area contributed by atoms with Crippen molar-refractivity contribution in [1.29, 1.82) is 0 Å². The quantitative estimate of drug-likeness (QED) is 0.316. The molecule has 1 aromatic carbocycles. The summed E-state index contributed by atoms with van der Waals surface area (Å²) in [5.74, 6) is 11.2. The number of benzene rings is 1. The molecular weight excluding hydrogens is 240 g/mol. The van der Waals surface area contributed by atoms with Crippen LogP contribution >= 0.6 is 0 Å². The fraction of sp³-hybridized carbons (Fsp3) is 0.111. The summed E-state index contributed by atoms with van der Waals surface area (Å²) in [6.45, 7) is 0. The average Bonchev–Trinajstić information content (AvgIpc) is 2.35. The van der Waals surface area contributed by atoms with Crippen molar-refractivity contribution in [3.05, 3.63) is 18.2 Å². The lowest BCUT2D eigenvalue weighted by atomic mass is 10.2. The van der Waals surface area contributed by atoms with Gasteiger partial charge in [-0.2, -0.15) is 0 Å². The average molecular weight is 254 g/mol. The predicted octanol–water partition coefficient (Wildman–Crippen LogP) is -0.787. The van der Waals surface area contributed by atoms with E-state index in [0.29, 0.717) is 10.0 Å². The van der Waals surface area contributed by atoms with Crippen LogP contribution in [0.1, 0.15) is 0 Å². The van der Waals surface area contributed by atoms with Crippen LogP contribution < -0.4 is 37.9 Å². The topological polar surface area (TPSA) is 154 Å². The van der Waals surface area contributed by atoms with E-state index in [9.17, 15) is 9.59 Å². The molecule has 0 spiro atoms. The second-order valence-corrected chi connectivity index (χ2v) is 3.27. The first-order valence-electron chi connectivity index (χ1n) is 4.75. The van der Waals surface area contributed by atoms with E-state index in [2.05, 4.69) is 0 Å². The van der Waals surface area contributed by atoms with E-state index in [1.165, 1.54) is 25.3 Å². The van der Waals surface area contributed by atoms with Gasteiger partial charge in [-0.25, -0.2) is 31.3 Å². The highest BCUT2D eigenvalue weighted by atomic mass is 16.5. The maximum atomic E-state index is 11.0. The number of carbonyl (C=O) groups is 2. The van der Waals surface area contributed by atoms with Gasteiger partial charge in [-0.1, -0.05) is 0 Å². The van der Waals surface area contributed by atoms with Crippen LogP contribution in [0.25, 0.3) is 0 Å². The van der Waals surface area contributed by atoms with Gasteiger partial charge in [0.05, 0.1) is 12.8 Å². The van der Waals surface area contributed by atoms with Gasteiger partial charge in [0.1, 0.15) is 11.4 Å². The summed E-state index contributed by atoms with van der Waals surface area (Å²) in [6, 6.07) is 2.52. The van der Waals surface area contributed by atoms with E-state index in [0.717, 1.165) is 0 Å². The Balaban J connectivity index is 3.25. The number of nitrogens with two attached hydrogens (primary N) is 4. The van der Waals surface area contributed by atoms with Gasteiger partial charge in [-0.05, 0) is 18.2 Å². The molecule has 0 saturated carbocycles. The molecule has 0 bridgehead atoms. The van der Waals surface area contributed by atoms with Gasteiger partial charge in [-0.3, -0.25) is 0 Å². The van der Waals surface area contributed by atoms with Crippen LogP contribution in [0.5, 0.6) is 5.75 Å². The number of primary amides is 2. The van der Waals surface area contributed by atoms with Gasteiger partial charge in [0, 0.05) is 0 Å². The molecule has 1 aromatic rings. The van der Waals surface area contributed by atoms with Crippen molar-refractivity contribution in [1.82, 2.24) is 0 Å². The zero-order valence-electron chi connectivity index (χ0n) is 9.66. The SMILES string of the molecule is COc1ccc(N(N)C(N)=O)cc1N(N)C(N)=O. The van der Waals surface area contributed by atoms with Gasteiger partial charge in [0.15, 0.2) is 0 Å². The molecule has 9 nitrogen and oxygen atoms in total. The highest BCUT2D eigenvalue weighted by molar-refractivity contribution is 5.94. The molecule has 18 heavy (non-hydrogen) atoms. The molecule has 9 heteroatoms. The number of hydrogen-bond donors (Lipinski definition) is 4. The van der Waals surface area contributed by atoms with Gasteiger partial charge >= 0.3 is 12.1 Å². The zero-order valence-corrected chi connectivity index (χ0v) is 9.66. The second-order valence-electron chi connectivity index (χ2n) is 3.27. The Morgan fingerprint density at radius 1 is 1.11 bits per heavy atom.